The Balaban J connectivity index is 1.41. The van der Waals surface area contributed by atoms with Gasteiger partial charge in [0.05, 0.1) is 12.0 Å². The average molecular weight is 495 g/mol. The molecular weight excluding hydrogens is 460 g/mol. The van der Waals surface area contributed by atoms with E-state index in [1.54, 1.807) is 25.2 Å². The molecule has 2 fully saturated rings. The number of rotatable bonds is 7. The molecule has 1 N–H and O–H groups in total. The molecule has 2 saturated heterocycles. The van der Waals surface area contributed by atoms with Crippen LogP contribution in [0.2, 0.25) is 0 Å². The zero-order valence-corrected chi connectivity index (χ0v) is 21.3. The molecule has 4 rings (SSSR count). The van der Waals surface area contributed by atoms with E-state index in [4.69, 9.17) is 4.52 Å². The fourth-order valence-electron chi connectivity index (χ4n) is 4.92. The van der Waals surface area contributed by atoms with E-state index in [9.17, 15) is 13.2 Å². The first-order valence-electron chi connectivity index (χ1n) is 11.8. The minimum absolute atomic E-state index is 0.0689. The van der Waals surface area contributed by atoms with Crippen molar-refractivity contribution in [3.8, 4) is 0 Å². The Bertz CT molecular complexity index is 1020. The van der Waals surface area contributed by atoms with E-state index < -0.39 is 10.0 Å². The number of likely N-dealkylation sites (tertiary alicyclic amines) is 1. The van der Waals surface area contributed by atoms with Crippen LogP contribution in [0.15, 0.2) is 26.9 Å². The molecule has 0 bridgehead atoms. The minimum Gasteiger partial charge on any atom is -0.360 e. The van der Waals surface area contributed by atoms with Gasteiger partial charge in [-0.2, -0.15) is 4.31 Å². The largest absolute Gasteiger partial charge is 0.360 e. The van der Waals surface area contributed by atoms with Gasteiger partial charge in [0.25, 0.3) is 0 Å². The summed E-state index contributed by atoms with van der Waals surface area (Å²) in [6.45, 7) is 8.73. The molecule has 10 heteroatoms. The van der Waals surface area contributed by atoms with Crippen molar-refractivity contribution in [1.29, 1.82) is 0 Å². The second-order valence-corrected chi connectivity index (χ2v) is 12.2. The van der Waals surface area contributed by atoms with Crippen molar-refractivity contribution in [1.82, 2.24) is 19.7 Å². The molecule has 4 heterocycles. The number of piperidine rings is 2. The topological polar surface area (TPSA) is 95.8 Å². The quantitative estimate of drug-likeness (QED) is 0.634. The molecule has 0 aromatic carbocycles. The van der Waals surface area contributed by atoms with Crippen molar-refractivity contribution in [3.63, 3.8) is 0 Å². The second-order valence-electron chi connectivity index (χ2n) is 9.35. The number of amides is 1. The lowest BCUT2D eigenvalue weighted by Gasteiger charge is -2.37. The van der Waals surface area contributed by atoms with E-state index in [1.165, 1.54) is 22.0 Å². The summed E-state index contributed by atoms with van der Waals surface area (Å²) in [7, 11) is -3.75. The molecule has 33 heavy (non-hydrogen) atoms. The van der Waals surface area contributed by atoms with Gasteiger partial charge in [-0.25, -0.2) is 8.42 Å². The molecule has 8 nitrogen and oxygen atoms in total. The Kier molecular flexibility index (Phi) is 7.57. The van der Waals surface area contributed by atoms with Gasteiger partial charge in [-0.05, 0) is 70.0 Å². The Morgan fingerprint density at radius 3 is 2.67 bits per heavy atom. The van der Waals surface area contributed by atoms with E-state index in [2.05, 4.69) is 39.8 Å². The zero-order chi connectivity index (χ0) is 23.6. The van der Waals surface area contributed by atoms with E-state index in [1.807, 2.05) is 0 Å². The van der Waals surface area contributed by atoms with Gasteiger partial charge in [0.1, 0.15) is 10.6 Å². The van der Waals surface area contributed by atoms with E-state index in [-0.39, 0.29) is 35.1 Å². The number of carbonyl (C=O) groups is 1. The summed E-state index contributed by atoms with van der Waals surface area (Å²) in [6.07, 6.45) is 3.68. The van der Waals surface area contributed by atoms with Crippen LogP contribution in [0.4, 0.5) is 0 Å². The molecular formula is C23H34N4O4S2. The van der Waals surface area contributed by atoms with Crippen LogP contribution in [-0.4, -0.2) is 61.4 Å². The molecule has 2 aliphatic rings. The second kappa shape index (κ2) is 10.2. The van der Waals surface area contributed by atoms with Crippen LogP contribution in [0.1, 0.15) is 55.0 Å². The van der Waals surface area contributed by atoms with Gasteiger partial charge in [0.2, 0.25) is 15.9 Å². The molecule has 2 atom stereocenters. The fraction of sp³-hybridized carbons (Fsp3) is 0.652. The van der Waals surface area contributed by atoms with Gasteiger partial charge in [0.15, 0.2) is 5.76 Å². The third-order valence-electron chi connectivity index (χ3n) is 6.92. The first kappa shape index (κ1) is 24.4. The monoisotopic (exact) mass is 494 g/mol. The highest BCUT2D eigenvalue weighted by Gasteiger charge is 2.37. The number of nitrogens with zero attached hydrogens (tertiary/aromatic N) is 3. The predicted molar refractivity (Wildman–Crippen MR) is 128 cm³/mol. The summed E-state index contributed by atoms with van der Waals surface area (Å²) in [6, 6.07) is 4.35. The molecule has 182 valence electrons. The normalized spacial score (nSPS) is 22.3. The van der Waals surface area contributed by atoms with Crippen molar-refractivity contribution >= 4 is 27.3 Å². The standard InChI is InChI=1S/C23H34N4O4S2/c1-16-8-11-26(12-9-16)20(21-7-5-13-32-21)14-24-23(28)19-6-4-10-27(15-19)33(29,30)22-17(2)25-31-18(22)3/h5,7,13,16,19-20H,4,6,8-12,14-15H2,1-3H3,(H,24,28). The molecule has 0 radical (unpaired) electrons. The summed E-state index contributed by atoms with van der Waals surface area (Å²) in [5.41, 5.74) is 0.355. The molecule has 2 aromatic rings. The van der Waals surface area contributed by atoms with Gasteiger partial charge >= 0.3 is 0 Å². The molecule has 2 aliphatic heterocycles. The number of nitrogens with one attached hydrogen (secondary N) is 1. The lowest BCUT2D eigenvalue weighted by molar-refractivity contribution is -0.126. The first-order chi connectivity index (χ1) is 15.8. The fourth-order valence-corrected chi connectivity index (χ4v) is 7.59. The average Bonchev–Trinajstić information content (AvgIpc) is 3.45. The summed E-state index contributed by atoms with van der Waals surface area (Å²) in [5, 5.41) is 9.02. The maximum atomic E-state index is 13.2. The number of sulfonamides is 1. The van der Waals surface area contributed by atoms with E-state index in [0.29, 0.717) is 31.6 Å². The van der Waals surface area contributed by atoms with Crippen molar-refractivity contribution in [2.24, 2.45) is 11.8 Å². The van der Waals surface area contributed by atoms with Gasteiger partial charge < -0.3 is 9.84 Å². The number of carbonyl (C=O) groups excluding carboxylic acids is 1. The SMILES string of the molecule is Cc1noc(C)c1S(=O)(=O)N1CCCC(C(=O)NCC(c2cccs2)N2CCC(C)CC2)C1. The highest BCUT2D eigenvalue weighted by Crippen LogP contribution is 2.30. The van der Waals surface area contributed by atoms with Crippen LogP contribution in [0.3, 0.4) is 0 Å². The summed E-state index contributed by atoms with van der Waals surface area (Å²) < 4.78 is 32.9. The van der Waals surface area contributed by atoms with Crippen LogP contribution >= 0.6 is 11.3 Å². The maximum Gasteiger partial charge on any atom is 0.248 e. The number of aryl methyl sites for hydroxylation is 2. The van der Waals surface area contributed by atoms with Gasteiger partial charge in [0, 0.05) is 24.5 Å². The highest BCUT2D eigenvalue weighted by atomic mass is 32.2. The number of hydrogen-bond acceptors (Lipinski definition) is 7. The van der Waals surface area contributed by atoms with Crippen molar-refractivity contribution in [3.05, 3.63) is 33.8 Å². The number of hydrogen-bond donors (Lipinski definition) is 1. The van der Waals surface area contributed by atoms with Crippen LogP contribution in [0, 0.1) is 25.7 Å². The Morgan fingerprint density at radius 2 is 2.03 bits per heavy atom. The van der Waals surface area contributed by atoms with Gasteiger partial charge in [-0.1, -0.05) is 18.1 Å². The van der Waals surface area contributed by atoms with Gasteiger partial charge in [-0.15, -0.1) is 11.3 Å². The number of aromatic nitrogens is 1. The van der Waals surface area contributed by atoms with Crippen LogP contribution in [-0.2, 0) is 14.8 Å². The third-order valence-corrected chi connectivity index (χ3v) is 10.0. The molecule has 2 unspecified atom stereocenters. The predicted octanol–water partition coefficient (Wildman–Crippen LogP) is 3.34. The zero-order valence-electron chi connectivity index (χ0n) is 19.6. The minimum atomic E-state index is -3.75. The highest BCUT2D eigenvalue weighted by molar-refractivity contribution is 7.89. The maximum absolute atomic E-state index is 13.2. The van der Waals surface area contributed by atoms with Crippen molar-refractivity contribution < 1.29 is 17.7 Å². The molecule has 0 aliphatic carbocycles. The van der Waals surface area contributed by atoms with Crippen molar-refractivity contribution in [2.75, 3.05) is 32.7 Å². The van der Waals surface area contributed by atoms with Gasteiger partial charge in [-0.3, -0.25) is 9.69 Å². The lowest BCUT2D eigenvalue weighted by Crippen LogP contribution is -2.47. The first-order valence-corrected chi connectivity index (χ1v) is 14.1. The molecule has 1 amide bonds. The molecule has 0 saturated carbocycles. The van der Waals surface area contributed by atoms with E-state index >= 15 is 0 Å². The Labute approximate surface area is 200 Å². The lowest BCUT2D eigenvalue weighted by atomic mass is 9.97. The summed E-state index contributed by atoms with van der Waals surface area (Å²) >= 11 is 1.72. The molecule has 2 aromatic heterocycles. The van der Waals surface area contributed by atoms with Crippen LogP contribution in [0.25, 0.3) is 0 Å². The smallest absolute Gasteiger partial charge is 0.248 e. The summed E-state index contributed by atoms with van der Waals surface area (Å²) in [5.74, 6) is 0.598. The van der Waals surface area contributed by atoms with Crippen molar-refractivity contribution in [2.45, 2.75) is 57.4 Å². The van der Waals surface area contributed by atoms with Crippen LogP contribution < -0.4 is 5.32 Å². The Hall–Kier alpha value is -1.75. The third kappa shape index (κ3) is 5.34. The van der Waals surface area contributed by atoms with E-state index in [0.717, 1.165) is 19.0 Å². The van der Waals surface area contributed by atoms with Crippen LogP contribution in [0.5, 0.6) is 0 Å². The Morgan fingerprint density at radius 1 is 1.27 bits per heavy atom. The summed E-state index contributed by atoms with van der Waals surface area (Å²) in [4.78, 5) is 17.0. The number of thiophene rings is 1. The molecule has 0 spiro atoms.